The zero-order valence-electron chi connectivity index (χ0n) is 24.1. The van der Waals surface area contributed by atoms with Gasteiger partial charge in [0.25, 0.3) is 0 Å². The summed E-state index contributed by atoms with van der Waals surface area (Å²) in [5.74, 6) is 0.127. The van der Waals surface area contributed by atoms with E-state index in [1.165, 1.54) is 0 Å². The smallest absolute Gasteiger partial charge is 0.220 e. The molecule has 12 heteroatoms. The summed E-state index contributed by atoms with van der Waals surface area (Å²) in [5.41, 5.74) is 4.34. The van der Waals surface area contributed by atoms with Crippen molar-refractivity contribution in [1.82, 2.24) is 25.9 Å². The first-order valence-electron chi connectivity index (χ1n) is 14.2. The Labute approximate surface area is 265 Å². The molecule has 5 N–H and O–H groups in total. The number of rotatable bonds is 13. The van der Waals surface area contributed by atoms with Crippen LogP contribution in [0.2, 0.25) is 10.0 Å². The Kier molecular flexibility index (Phi) is 10.6. The highest BCUT2D eigenvalue weighted by molar-refractivity contribution is 6.39. The summed E-state index contributed by atoms with van der Waals surface area (Å²) in [6.07, 6.45) is 3.01. The molecule has 1 atom stereocenters. The van der Waals surface area contributed by atoms with E-state index in [1.54, 1.807) is 55.8 Å². The number of carbonyl (C=O) groups excluding carboxylic acids is 1. The summed E-state index contributed by atoms with van der Waals surface area (Å²) in [6.45, 7) is 1.79. The topological polar surface area (TPSA) is 120 Å². The quantitative estimate of drug-likeness (QED) is 0.123. The minimum absolute atomic E-state index is 0.0323. The maximum absolute atomic E-state index is 15.2. The van der Waals surface area contributed by atoms with E-state index in [2.05, 4.69) is 26.3 Å². The highest BCUT2D eigenvalue weighted by atomic mass is 35.5. The SMILES string of the molecule is COc1nc(-c2ccnc(-c3cccc(Nc4cccc(CNCCO)c4F)c3Cl)c2Cl)ccc1CNCC1CCC(=O)N1. The fourth-order valence-corrected chi connectivity index (χ4v) is 5.62. The van der Waals surface area contributed by atoms with Crippen molar-refractivity contribution in [1.29, 1.82) is 0 Å². The summed E-state index contributed by atoms with van der Waals surface area (Å²) < 4.78 is 20.8. The van der Waals surface area contributed by atoms with Crippen LogP contribution in [0, 0.1) is 5.82 Å². The second-order valence-electron chi connectivity index (χ2n) is 10.3. The number of hydrogen-bond donors (Lipinski definition) is 5. The number of halogens is 3. The summed E-state index contributed by atoms with van der Waals surface area (Å²) in [6, 6.07) is 16.1. The second-order valence-corrected chi connectivity index (χ2v) is 11.0. The Bertz CT molecular complexity index is 1640. The molecule has 230 valence electrons. The van der Waals surface area contributed by atoms with Crippen LogP contribution in [0.4, 0.5) is 15.8 Å². The molecule has 0 bridgehead atoms. The highest BCUT2D eigenvalue weighted by Crippen LogP contribution is 2.41. The molecule has 1 aliphatic heterocycles. The molecule has 0 saturated carbocycles. The molecule has 1 saturated heterocycles. The van der Waals surface area contributed by atoms with Gasteiger partial charge in [-0.25, -0.2) is 9.37 Å². The number of pyridine rings is 2. The van der Waals surface area contributed by atoms with E-state index < -0.39 is 5.82 Å². The van der Waals surface area contributed by atoms with Crippen molar-refractivity contribution in [3.05, 3.63) is 87.8 Å². The van der Waals surface area contributed by atoms with Gasteiger partial charge in [0.1, 0.15) is 0 Å². The summed E-state index contributed by atoms with van der Waals surface area (Å²) in [7, 11) is 1.56. The van der Waals surface area contributed by atoms with Crippen LogP contribution in [0.15, 0.2) is 60.8 Å². The number of aliphatic hydroxyl groups excluding tert-OH is 1. The molecule has 44 heavy (non-hydrogen) atoms. The van der Waals surface area contributed by atoms with Gasteiger partial charge in [0.15, 0.2) is 5.82 Å². The lowest BCUT2D eigenvalue weighted by molar-refractivity contribution is -0.119. The highest BCUT2D eigenvalue weighted by Gasteiger charge is 2.21. The number of aromatic nitrogens is 2. The largest absolute Gasteiger partial charge is 0.481 e. The average Bonchev–Trinajstić information content (AvgIpc) is 3.45. The molecule has 0 aliphatic carbocycles. The Morgan fingerprint density at radius 1 is 1.00 bits per heavy atom. The molecular formula is C32H33Cl2FN6O3. The van der Waals surface area contributed by atoms with Crippen molar-refractivity contribution in [3.8, 4) is 28.4 Å². The molecule has 1 amide bonds. The van der Waals surface area contributed by atoms with Gasteiger partial charge in [-0.15, -0.1) is 0 Å². The Morgan fingerprint density at radius 3 is 2.57 bits per heavy atom. The minimum Gasteiger partial charge on any atom is -0.481 e. The van der Waals surface area contributed by atoms with Gasteiger partial charge in [-0.1, -0.05) is 53.5 Å². The summed E-state index contributed by atoms with van der Waals surface area (Å²) >= 11 is 13.8. The molecule has 1 aliphatic rings. The Morgan fingerprint density at radius 2 is 1.80 bits per heavy atom. The van der Waals surface area contributed by atoms with E-state index in [0.717, 1.165) is 12.0 Å². The number of ether oxygens (including phenoxy) is 1. The van der Waals surface area contributed by atoms with E-state index >= 15 is 4.39 Å². The molecule has 3 heterocycles. The molecule has 2 aromatic heterocycles. The van der Waals surface area contributed by atoms with E-state index in [9.17, 15) is 4.79 Å². The third kappa shape index (κ3) is 7.28. The van der Waals surface area contributed by atoms with Crippen molar-refractivity contribution >= 4 is 40.5 Å². The number of hydrogen-bond acceptors (Lipinski definition) is 8. The van der Waals surface area contributed by atoms with Gasteiger partial charge < -0.3 is 31.1 Å². The number of nitrogens with one attached hydrogen (secondary N) is 4. The fraction of sp³-hybridized carbons (Fsp3) is 0.281. The first kappa shape index (κ1) is 31.6. The Hall–Kier alpha value is -3.80. The second kappa shape index (κ2) is 14.8. The van der Waals surface area contributed by atoms with E-state index in [0.29, 0.717) is 75.7 Å². The normalized spacial score (nSPS) is 14.5. The number of methoxy groups -OCH3 is 1. The van der Waals surface area contributed by atoms with Crippen LogP contribution < -0.4 is 26.0 Å². The van der Waals surface area contributed by atoms with Crippen LogP contribution in [0.25, 0.3) is 22.5 Å². The van der Waals surface area contributed by atoms with Crippen LogP contribution in [0.1, 0.15) is 24.0 Å². The van der Waals surface area contributed by atoms with Crippen LogP contribution in [-0.2, 0) is 17.9 Å². The van der Waals surface area contributed by atoms with Crippen LogP contribution in [0.3, 0.4) is 0 Å². The van der Waals surface area contributed by atoms with E-state index in [4.69, 9.17) is 38.0 Å². The lowest BCUT2D eigenvalue weighted by Crippen LogP contribution is -2.35. The number of anilines is 2. The predicted molar refractivity (Wildman–Crippen MR) is 171 cm³/mol. The molecular weight excluding hydrogens is 606 g/mol. The van der Waals surface area contributed by atoms with Crippen molar-refractivity contribution in [2.45, 2.75) is 32.0 Å². The van der Waals surface area contributed by atoms with Gasteiger partial charge in [0.2, 0.25) is 11.8 Å². The number of aliphatic hydroxyl groups is 1. The van der Waals surface area contributed by atoms with Crippen molar-refractivity contribution < 1.29 is 19.0 Å². The van der Waals surface area contributed by atoms with Crippen molar-refractivity contribution in [2.75, 3.05) is 32.1 Å². The van der Waals surface area contributed by atoms with Gasteiger partial charge in [0, 0.05) is 67.1 Å². The molecule has 1 unspecified atom stereocenters. The number of nitrogens with zero attached hydrogens (tertiary/aromatic N) is 2. The molecule has 2 aromatic carbocycles. The maximum Gasteiger partial charge on any atom is 0.220 e. The summed E-state index contributed by atoms with van der Waals surface area (Å²) in [4.78, 5) is 20.7. The zero-order chi connectivity index (χ0) is 31.1. The predicted octanol–water partition coefficient (Wildman–Crippen LogP) is 5.46. The first-order chi connectivity index (χ1) is 21.4. The minimum atomic E-state index is -0.415. The first-order valence-corrected chi connectivity index (χ1v) is 15.0. The Balaban J connectivity index is 1.37. The van der Waals surface area contributed by atoms with Gasteiger partial charge in [-0.2, -0.15) is 0 Å². The fourth-order valence-electron chi connectivity index (χ4n) is 5.04. The third-order valence-electron chi connectivity index (χ3n) is 7.29. The molecule has 5 rings (SSSR count). The summed E-state index contributed by atoms with van der Waals surface area (Å²) in [5, 5.41) is 22.1. The van der Waals surface area contributed by atoms with Crippen molar-refractivity contribution in [3.63, 3.8) is 0 Å². The van der Waals surface area contributed by atoms with Crippen LogP contribution >= 0.6 is 23.2 Å². The number of amides is 1. The van der Waals surface area contributed by atoms with Crippen LogP contribution in [-0.4, -0.2) is 53.8 Å². The standard InChI is InChI=1S/C32H33Cl2FN6O3/c1-44-32-20(17-37-18-21-9-11-27(43)39-21)8-10-24(41-32)22-12-13-38-31(29(22)34)23-5-3-6-25(28(23)33)40-26-7-2-4-19(30(26)35)16-36-14-15-42/h2-8,10,12-13,21,36-37,40,42H,9,11,14-18H2,1H3,(H,39,43). The van der Waals surface area contributed by atoms with Gasteiger partial charge in [-0.3, -0.25) is 9.78 Å². The third-order valence-corrected chi connectivity index (χ3v) is 8.08. The van der Waals surface area contributed by atoms with E-state index in [-0.39, 0.29) is 30.8 Å². The molecule has 4 aromatic rings. The zero-order valence-corrected chi connectivity index (χ0v) is 25.6. The van der Waals surface area contributed by atoms with Gasteiger partial charge >= 0.3 is 0 Å². The van der Waals surface area contributed by atoms with E-state index in [1.807, 2.05) is 12.1 Å². The maximum atomic E-state index is 15.2. The lowest BCUT2D eigenvalue weighted by Gasteiger charge is -2.16. The molecule has 9 nitrogen and oxygen atoms in total. The lowest BCUT2D eigenvalue weighted by atomic mass is 10.0. The monoisotopic (exact) mass is 638 g/mol. The molecule has 0 spiro atoms. The molecule has 1 fully saturated rings. The molecule has 0 radical (unpaired) electrons. The van der Waals surface area contributed by atoms with Crippen molar-refractivity contribution in [2.24, 2.45) is 0 Å². The van der Waals surface area contributed by atoms with Gasteiger partial charge in [0.05, 0.1) is 46.5 Å². The van der Waals surface area contributed by atoms with Gasteiger partial charge in [-0.05, 0) is 30.7 Å². The van der Waals surface area contributed by atoms with Crippen LogP contribution in [0.5, 0.6) is 5.88 Å². The number of benzene rings is 2. The average molecular weight is 640 g/mol. The number of carbonyl (C=O) groups is 1.